The van der Waals surface area contributed by atoms with Crippen LogP contribution in [0.4, 0.5) is 5.69 Å². The Bertz CT molecular complexity index is 433. The Kier molecular flexibility index (Phi) is 3.57. The van der Waals surface area contributed by atoms with Crippen molar-refractivity contribution in [3.63, 3.8) is 0 Å². The zero-order valence-corrected chi connectivity index (χ0v) is 10.7. The second-order valence-corrected chi connectivity index (χ2v) is 4.90. The minimum absolute atomic E-state index is 0.00162. The van der Waals surface area contributed by atoms with E-state index in [4.69, 9.17) is 17.3 Å². The molecule has 1 heterocycles. The van der Waals surface area contributed by atoms with Crippen LogP contribution >= 0.6 is 11.6 Å². The molecule has 1 amide bonds. The van der Waals surface area contributed by atoms with Gasteiger partial charge in [-0.3, -0.25) is 4.79 Å². The first-order valence-electron chi connectivity index (χ1n) is 5.96. The van der Waals surface area contributed by atoms with Gasteiger partial charge in [0.15, 0.2) is 0 Å². The van der Waals surface area contributed by atoms with Gasteiger partial charge < -0.3 is 10.6 Å². The number of hydrogen-bond donors (Lipinski definition) is 1. The van der Waals surface area contributed by atoms with E-state index in [1.807, 2.05) is 4.90 Å². The van der Waals surface area contributed by atoms with Gasteiger partial charge in [0, 0.05) is 13.1 Å². The number of amides is 1. The maximum absolute atomic E-state index is 12.3. The summed E-state index contributed by atoms with van der Waals surface area (Å²) in [5, 5.41) is 0.373. The van der Waals surface area contributed by atoms with Crippen LogP contribution in [0.3, 0.4) is 0 Å². The van der Waals surface area contributed by atoms with Crippen LogP contribution in [0.25, 0.3) is 0 Å². The molecular weight excluding hydrogens is 236 g/mol. The van der Waals surface area contributed by atoms with Crippen LogP contribution < -0.4 is 5.73 Å². The molecule has 1 unspecified atom stereocenters. The largest absolute Gasteiger partial charge is 0.398 e. The van der Waals surface area contributed by atoms with Crippen molar-refractivity contribution in [1.29, 1.82) is 0 Å². The lowest BCUT2D eigenvalue weighted by Gasteiger charge is -2.17. The second-order valence-electron chi connectivity index (χ2n) is 4.52. The molecule has 2 N–H and O–H groups in total. The third kappa shape index (κ3) is 2.39. The van der Waals surface area contributed by atoms with Crippen molar-refractivity contribution in [3.05, 3.63) is 28.8 Å². The predicted molar refractivity (Wildman–Crippen MR) is 70.2 cm³/mol. The molecule has 2 rings (SSSR count). The van der Waals surface area contributed by atoms with E-state index in [0.29, 0.717) is 22.2 Å². The summed E-state index contributed by atoms with van der Waals surface area (Å²) in [6, 6.07) is 5.21. The maximum atomic E-state index is 12.3. The van der Waals surface area contributed by atoms with Gasteiger partial charge in [-0.25, -0.2) is 0 Å². The van der Waals surface area contributed by atoms with Crippen LogP contribution in [-0.4, -0.2) is 23.9 Å². The third-order valence-corrected chi connectivity index (χ3v) is 3.83. The van der Waals surface area contributed by atoms with E-state index in [9.17, 15) is 4.79 Å². The molecule has 0 bridgehead atoms. The van der Waals surface area contributed by atoms with Gasteiger partial charge in [-0.2, -0.15) is 0 Å². The highest BCUT2D eigenvalue weighted by atomic mass is 35.5. The Morgan fingerprint density at radius 1 is 1.59 bits per heavy atom. The number of nitrogen functional groups attached to an aromatic ring is 1. The number of hydrogen-bond acceptors (Lipinski definition) is 2. The molecule has 0 saturated carbocycles. The lowest BCUT2D eigenvalue weighted by molar-refractivity contribution is 0.0787. The van der Waals surface area contributed by atoms with Gasteiger partial charge in [0.05, 0.1) is 16.3 Å². The van der Waals surface area contributed by atoms with E-state index < -0.39 is 0 Å². The Morgan fingerprint density at radius 2 is 2.35 bits per heavy atom. The molecule has 0 aliphatic carbocycles. The van der Waals surface area contributed by atoms with E-state index in [1.165, 1.54) is 0 Å². The fourth-order valence-corrected chi connectivity index (χ4v) is 2.44. The highest BCUT2D eigenvalue weighted by Gasteiger charge is 2.27. The van der Waals surface area contributed by atoms with Gasteiger partial charge in [0.25, 0.3) is 5.91 Å². The van der Waals surface area contributed by atoms with Gasteiger partial charge in [-0.05, 0) is 24.5 Å². The normalized spacial score (nSPS) is 19.6. The van der Waals surface area contributed by atoms with Crippen LogP contribution in [0.15, 0.2) is 18.2 Å². The summed E-state index contributed by atoms with van der Waals surface area (Å²) in [5.41, 5.74) is 6.69. The molecule has 0 radical (unpaired) electrons. The van der Waals surface area contributed by atoms with Crippen molar-refractivity contribution >= 4 is 23.2 Å². The van der Waals surface area contributed by atoms with Crippen molar-refractivity contribution in [1.82, 2.24) is 4.90 Å². The molecule has 1 atom stereocenters. The van der Waals surface area contributed by atoms with Gasteiger partial charge in [-0.15, -0.1) is 0 Å². The molecule has 3 nitrogen and oxygen atoms in total. The molecule has 1 aliphatic rings. The molecular formula is C13H17ClN2O. The fourth-order valence-electron chi connectivity index (χ4n) is 2.24. The Hall–Kier alpha value is -1.22. The highest BCUT2D eigenvalue weighted by Crippen LogP contribution is 2.27. The van der Waals surface area contributed by atoms with Gasteiger partial charge in [0.1, 0.15) is 0 Å². The second kappa shape index (κ2) is 4.96. The summed E-state index contributed by atoms with van der Waals surface area (Å²) in [6.45, 7) is 3.81. The van der Waals surface area contributed by atoms with Gasteiger partial charge in [-0.1, -0.05) is 31.0 Å². The summed E-state index contributed by atoms with van der Waals surface area (Å²) in [7, 11) is 0. The monoisotopic (exact) mass is 252 g/mol. The summed E-state index contributed by atoms with van der Waals surface area (Å²) in [6.07, 6.45) is 2.20. The van der Waals surface area contributed by atoms with Crippen LogP contribution in [0.2, 0.25) is 5.02 Å². The standard InChI is InChI=1S/C13H17ClN2O/c1-2-9-6-7-16(8-9)13(17)10-4-3-5-11(15)12(10)14/h3-5,9H,2,6-8,15H2,1H3. The van der Waals surface area contributed by atoms with Crippen LogP contribution in [0.1, 0.15) is 30.1 Å². The molecule has 1 aliphatic heterocycles. The molecule has 0 aromatic heterocycles. The Labute approximate surface area is 107 Å². The van der Waals surface area contributed by atoms with Crippen molar-refractivity contribution in [2.45, 2.75) is 19.8 Å². The lowest BCUT2D eigenvalue weighted by atomic mass is 10.1. The molecule has 0 spiro atoms. The van der Waals surface area contributed by atoms with E-state index >= 15 is 0 Å². The number of anilines is 1. The van der Waals surface area contributed by atoms with Crippen molar-refractivity contribution in [3.8, 4) is 0 Å². The number of rotatable bonds is 2. The molecule has 1 fully saturated rings. The topological polar surface area (TPSA) is 46.3 Å². The maximum Gasteiger partial charge on any atom is 0.255 e. The molecule has 17 heavy (non-hydrogen) atoms. The number of halogens is 1. The minimum atomic E-state index is -0.00162. The van der Waals surface area contributed by atoms with Crippen LogP contribution in [0, 0.1) is 5.92 Å². The summed E-state index contributed by atoms with van der Waals surface area (Å²) < 4.78 is 0. The fraction of sp³-hybridized carbons (Fsp3) is 0.462. The zero-order chi connectivity index (χ0) is 12.4. The quantitative estimate of drug-likeness (QED) is 0.823. The lowest BCUT2D eigenvalue weighted by Crippen LogP contribution is -2.29. The molecule has 1 aromatic carbocycles. The first-order valence-corrected chi connectivity index (χ1v) is 6.34. The molecule has 1 aromatic rings. The summed E-state index contributed by atoms with van der Waals surface area (Å²) in [4.78, 5) is 14.1. The van der Waals surface area contributed by atoms with E-state index in [2.05, 4.69) is 6.92 Å². The van der Waals surface area contributed by atoms with Crippen molar-refractivity contribution in [2.24, 2.45) is 5.92 Å². The predicted octanol–water partition coefficient (Wildman–Crippen LogP) is 2.79. The first-order chi connectivity index (χ1) is 8.13. The van der Waals surface area contributed by atoms with Crippen LogP contribution in [-0.2, 0) is 0 Å². The molecule has 4 heteroatoms. The van der Waals surface area contributed by atoms with Gasteiger partial charge in [0.2, 0.25) is 0 Å². The molecule has 1 saturated heterocycles. The minimum Gasteiger partial charge on any atom is -0.398 e. The third-order valence-electron chi connectivity index (χ3n) is 3.41. The highest BCUT2D eigenvalue weighted by molar-refractivity contribution is 6.36. The molecule has 92 valence electrons. The average Bonchev–Trinajstić information content (AvgIpc) is 2.80. The SMILES string of the molecule is CCC1CCN(C(=O)c2cccc(N)c2Cl)C1. The number of likely N-dealkylation sites (tertiary alicyclic amines) is 1. The Morgan fingerprint density at radius 3 is 3.00 bits per heavy atom. The number of nitrogens with zero attached hydrogens (tertiary/aromatic N) is 1. The van der Waals surface area contributed by atoms with E-state index in [0.717, 1.165) is 25.9 Å². The average molecular weight is 253 g/mol. The number of nitrogens with two attached hydrogens (primary N) is 1. The van der Waals surface area contributed by atoms with Crippen molar-refractivity contribution in [2.75, 3.05) is 18.8 Å². The van der Waals surface area contributed by atoms with Crippen molar-refractivity contribution < 1.29 is 4.79 Å². The van der Waals surface area contributed by atoms with Gasteiger partial charge >= 0.3 is 0 Å². The zero-order valence-electron chi connectivity index (χ0n) is 9.95. The first kappa shape index (κ1) is 12.2. The van der Waals surface area contributed by atoms with Crippen LogP contribution in [0.5, 0.6) is 0 Å². The smallest absolute Gasteiger partial charge is 0.255 e. The van der Waals surface area contributed by atoms with E-state index in [1.54, 1.807) is 18.2 Å². The number of carbonyl (C=O) groups is 1. The van der Waals surface area contributed by atoms with E-state index in [-0.39, 0.29) is 5.91 Å². The summed E-state index contributed by atoms with van der Waals surface area (Å²) in [5.74, 6) is 0.622. The number of benzene rings is 1. The number of carbonyl (C=O) groups excluding carboxylic acids is 1. The summed E-state index contributed by atoms with van der Waals surface area (Å²) >= 11 is 6.06. The Balaban J connectivity index is 2.18.